The van der Waals surface area contributed by atoms with Gasteiger partial charge in [0, 0.05) is 17.6 Å². The van der Waals surface area contributed by atoms with Crippen molar-refractivity contribution < 1.29 is 27.4 Å². The van der Waals surface area contributed by atoms with E-state index >= 15 is 0 Å². The lowest BCUT2D eigenvalue weighted by molar-refractivity contribution is -0.274. The second-order valence-electron chi connectivity index (χ2n) is 8.41. The number of anilines is 1. The Morgan fingerprint density at radius 3 is 2.21 bits per heavy atom. The molecule has 34 heavy (non-hydrogen) atoms. The van der Waals surface area contributed by atoms with Gasteiger partial charge in [0.2, 0.25) is 0 Å². The van der Waals surface area contributed by atoms with E-state index in [1.54, 1.807) is 18.2 Å². The van der Waals surface area contributed by atoms with Crippen LogP contribution in [0.3, 0.4) is 0 Å². The van der Waals surface area contributed by atoms with E-state index in [1.165, 1.54) is 24.3 Å². The summed E-state index contributed by atoms with van der Waals surface area (Å²) in [5.74, 6) is 6.11. The number of hydrogen-bond acceptors (Lipinski definition) is 5. The highest BCUT2D eigenvalue weighted by atomic mass is 19.4. The first kappa shape index (κ1) is 23.4. The number of halogens is 3. The van der Waals surface area contributed by atoms with E-state index in [2.05, 4.69) is 4.74 Å². The predicted octanol–water partition coefficient (Wildman–Crippen LogP) is 5.01. The molecule has 6 nitrogen and oxygen atoms in total. The van der Waals surface area contributed by atoms with Gasteiger partial charge < -0.3 is 15.2 Å². The zero-order valence-electron chi connectivity index (χ0n) is 18.2. The summed E-state index contributed by atoms with van der Waals surface area (Å²) in [4.78, 5) is 13.1. The normalized spacial score (nSPS) is 14.4. The van der Waals surface area contributed by atoms with Crippen molar-refractivity contribution in [1.82, 2.24) is 5.01 Å². The summed E-state index contributed by atoms with van der Waals surface area (Å²) in [6.07, 6.45) is -2.98. The molecule has 178 valence electrons. The maximum Gasteiger partial charge on any atom is 0.573 e. The smallest absolute Gasteiger partial charge is 0.493 e. The van der Waals surface area contributed by atoms with Crippen LogP contribution in [0, 0.1) is 5.41 Å². The van der Waals surface area contributed by atoms with Crippen LogP contribution in [0.2, 0.25) is 0 Å². The van der Waals surface area contributed by atoms with Gasteiger partial charge in [0.15, 0.2) is 0 Å². The monoisotopic (exact) mass is 471 g/mol. The Bertz CT molecular complexity index is 1150. The Morgan fingerprint density at radius 1 is 0.941 bits per heavy atom. The number of hydrogen-bond donors (Lipinski definition) is 2. The fraction of sp³-hybridized carbons (Fsp3) is 0.240. The second-order valence-corrected chi connectivity index (χ2v) is 8.41. The third kappa shape index (κ3) is 5.79. The van der Waals surface area contributed by atoms with E-state index in [0.717, 1.165) is 23.6 Å². The number of nitrogens with zero attached hydrogens (tertiary/aromatic N) is 1. The van der Waals surface area contributed by atoms with E-state index in [4.69, 9.17) is 16.3 Å². The largest absolute Gasteiger partial charge is 0.573 e. The third-order valence-electron chi connectivity index (χ3n) is 5.72. The number of nitrogens with two attached hydrogens (primary N) is 2. The van der Waals surface area contributed by atoms with Crippen molar-refractivity contribution in [1.29, 1.82) is 0 Å². The highest BCUT2D eigenvalue weighted by Crippen LogP contribution is 2.46. The molecule has 0 aromatic heterocycles. The van der Waals surface area contributed by atoms with Crippen molar-refractivity contribution in [2.45, 2.75) is 19.2 Å². The molecule has 0 bridgehead atoms. The minimum Gasteiger partial charge on any atom is -0.493 e. The van der Waals surface area contributed by atoms with Gasteiger partial charge in [-0.05, 0) is 60.4 Å². The summed E-state index contributed by atoms with van der Waals surface area (Å²) < 4.78 is 46.9. The molecule has 0 unspecified atom stereocenters. The molecule has 0 aliphatic heterocycles. The van der Waals surface area contributed by atoms with Crippen LogP contribution < -0.4 is 21.1 Å². The maximum atomic E-state index is 13.1. The summed E-state index contributed by atoms with van der Waals surface area (Å²) >= 11 is 0. The molecule has 0 saturated heterocycles. The number of carbonyl (C=O) groups is 1. The van der Waals surface area contributed by atoms with Gasteiger partial charge >= 0.3 is 6.36 Å². The minimum absolute atomic E-state index is 0.207. The molecule has 1 aliphatic rings. The van der Waals surface area contributed by atoms with Gasteiger partial charge in [0.1, 0.15) is 11.5 Å². The lowest BCUT2D eigenvalue weighted by Gasteiger charge is -2.24. The van der Waals surface area contributed by atoms with E-state index in [-0.39, 0.29) is 22.4 Å². The summed E-state index contributed by atoms with van der Waals surface area (Å²) in [6.45, 7) is 0.756. The fourth-order valence-electron chi connectivity index (χ4n) is 3.64. The summed E-state index contributed by atoms with van der Waals surface area (Å²) in [5.41, 5.74) is 7.52. The number of carbonyl (C=O) groups excluding carboxylic acids is 1. The number of ether oxygens (including phenoxy) is 2. The predicted molar refractivity (Wildman–Crippen MR) is 122 cm³/mol. The average molecular weight is 471 g/mol. The highest BCUT2D eigenvalue weighted by molar-refractivity contribution is 6.00. The molecule has 0 spiro atoms. The number of alkyl halides is 3. The van der Waals surface area contributed by atoms with Gasteiger partial charge in [-0.25, -0.2) is 5.84 Å². The molecule has 0 radical (unpaired) electrons. The summed E-state index contributed by atoms with van der Waals surface area (Å²) in [7, 11) is 0. The van der Waals surface area contributed by atoms with E-state index in [1.807, 2.05) is 30.3 Å². The van der Waals surface area contributed by atoms with E-state index in [9.17, 15) is 18.0 Å². The van der Waals surface area contributed by atoms with Crippen LogP contribution >= 0.6 is 0 Å². The molecule has 0 atom stereocenters. The zero-order valence-corrected chi connectivity index (χ0v) is 18.2. The minimum atomic E-state index is -4.77. The fourth-order valence-corrected chi connectivity index (χ4v) is 3.64. The van der Waals surface area contributed by atoms with Crippen LogP contribution in [0.15, 0.2) is 72.8 Å². The van der Waals surface area contributed by atoms with E-state index < -0.39 is 12.3 Å². The Kier molecular flexibility index (Phi) is 6.39. The molecule has 1 fully saturated rings. The van der Waals surface area contributed by atoms with Gasteiger partial charge in [0.25, 0.3) is 5.91 Å². The summed E-state index contributed by atoms with van der Waals surface area (Å²) in [6, 6.07) is 19.6. The lowest BCUT2D eigenvalue weighted by Crippen LogP contribution is -2.43. The van der Waals surface area contributed by atoms with E-state index in [0.29, 0.717) is 24.3 Å². The van der Waals surface area contributed by atoms with Crippen LogP contribution in [-0.2, 0) is 0 Å². The van der Waals surface area contributed by atoms with Crippen LogP contribution in [0.1, 0.15) is 23.2 Å². The van der Waals surface area contributed by atoms with Gasteiger partial charge in [-0.2, -0.15) is 0 Å². The Balaban J connectivity index is 1.44. The number of rotatable bonds is 8. The van der Waals surface area contributed by atoms with Crippen LogP contribution in [0.25, 0.3) is 11.1 Å². The number of nitrogen functional groups attached to an aromatic ring is 1. The summed E-state index contributed by atoms with van der Waals surface area (Å²) in [5, 5.41) is 1.15. The molecular weight excluding hydrogens is 447 g/mol. The molecule has 9 heteroatoms. The number of hydrazine groups is 1. The Hall–Kier alpha value is -3.72. The SMILES string of the molecule is Nc1ccc(-c2ccc(OC(F)(F)F)cc2)cc1C(=O)N(N)CC1(COc2ccccc2)CC1. The maximum absolute atomic E-state index is 13.1. The lowest BCUT2D eigenvalue weighted by atomic mass is 10.0. The van der Waals surface area contributed by atoms with Gasteiger partial charge in [0.05, 0.1) is 12.2 Å². The number of para-hydroxylation sites is 1. The van der Waals surface area contributed by atoms with Crippen molar-refractivity contribution in [3.05, 3.63) is 78.4 Å². The first-order chi connectivity index (χ1) is 16.1. The third-order valence-corrected chi connectivity index (χ3v) is 5.72. The quantitative estimate of drug-likeness (QED) is 0.209. The van der Waals surface area contributed by atoms with Crippen LogP contribution in [-0.4, -0.2) is 30.4 Å². The molecule has 1 amide bonds. The van der Waals surface area contributed by atoms with Crippen LogP contribution in [0.5, 0.6) is 11.5 Å². The molecule has 1 aliphatic carbocycles. The zero-order chi connectivity index (χ0) is 24.3. The first-order valence-electron chi connectivity index (χ1n) is 10.6. The van der Waals surface area contributed by atoms with Crippen molar-refractivity contribution in [2.24, 2.45) is 11.3 Å². The van der Waals surface area contributed by atoms with Crippen molar-refractivity contribution in [2.75, 3.05) is 18.9 Å². The average Bonchev–Trinajstić information content (AvgIpc) is 3.57. The highest BCUT2D eigenvalue weighted by Gasteiger charge is 2.45. The molecule has 0 heterocycles. The van der Waals surface area contributed by atoms with Gasteiger partial charge in [-0.15, -0.1) is 13.2 Å². The number of benzene rings is 3. The van der Waals surface area contributed by atoms with Gasteiger partial charge in [-0.1, -0.05) is 36.4 Å². The molecule has 3 aromatic carbocycles. The second kappa shape index (κ2) is 9.26. The molecule has 1 saturated carbocycles. The molecular formula is C25H24F3N3O3. The van der Waals surface area contributed by atoms with Gasteiger partial charge in [-0.3, -0.25) is 9.80 Å². The first-order valence-corrected chi connectivity index (χ1v) is 10.6. The topological polar surface area (TPSA) is 90.8 Å². The van der Waals surface area contributed by atoms with Crippen LogP contribution in [0.4, 0.5) is 18.9 Å². The standard InChI is InChI=1S/C25H24F3N3O3/c26-25(27,28)34-20-9-6-17(7-10-20)18-8-11-22(29)21(14-18)23(32)31(30)15-24(12-13-24)16-33-19-4-2-1-3-5-19/h1-11,14H,12-13,15-16,29-30H2. The Morgan fingerprint density at radius 2 is 1.59 bits per heavy atom. The molecule has 4 rings (SSSR count). The van der Waals surface area contributed by atoms with Crippen molar-refractivity contribution in [3.8, 4) is 22.6 Å². The molecule has 3 aromatic rings. The molecule has 4 N–H and O–H groups in total. The van der Waals surface area contributed by atoms with Crippen molar-refractivity contribution >= 4 is 11.6 Å². The number of amides is 1. The Labute approximate surface area is 194 Å². The van der Waals surface area contributed by atoms with Crippen molar-refractivity contribution in [3.63, 3.8) is 0 Å².